The molecule has 0 saturated heterocycles. The average Bonchev–Trinajstić information content (AvgIpc) is 2.46. The third-order valence-corrected chi connectivity index (χ3v) is 3.09. The minimum Gasteiger partial charge on any atom is -0.235 e. The van der Waals surface area contributed by atoms with Gasteiger partial charge in [0.2, 0.25) is 0 Å². The molecule has 1 nitrogen and oxygen atoms in total. The van der Waals surface area contributed by atoms with Crippen molar-refractivity contribution in [2.45, 2.75) is 6.43 Å². The Bertz CT molecular complexity index is 441. The summed E-state index contributed by atoms with van der Waals surface area (Å²) < 4.78 is 26.1. The zero-order chi connectivity index (χ0) is 9.42. The van der Waals surface area contributed by atoms with Gasteiger partial charge in [0.25, 0.3) is 6.43 Å². The third kappa shape index (κ3) is 1.71. The van der Waals surface area contributed by atoms with Crippen LogP contribution in [0.25, 0.3) is 10.2 Å². The summed E-state index contributed by atoms with van der Waals surface area (Å²) in [6.45, 7) is 0. The van der Waals surface area contributed by atoms with Crippen molar-refractivity contribution >= 4 is 37.5 Å². The number of hydrogen-bond donors (Lipinski definition) is 0. The second kappa shape index (κ2) is 3.31. The van der Waals surface area contributed by atoms with Crippen molar-refractivity contribution < 1.29 is 8.78 Å². The largest absolute Gasteiger partial charge is 0.289 e. The smallest absolute Gasteiger partial charge is 0.235 e. The molecule has 0 N–H and O–H groups in total. The Morgan fingerprint density at radius 1 is 1.38 bits per heavy atom. The molecule has 13 heavy (non-hydrogen) atoms. The van der Waals surface area contributed by atoms with Crippen molar-refractivity contribution in [3.8, 4) is 0 Å². The molecule has 0 unspecified atom stereocenters. The molecule has 2 aromatic rings. The average molecular weight is 264 g/mol. The van der Waals surface area contributed by atoms with E-state index in [0.717, 1.165) is 20.5 Å². The number of benzene rings is 1. The number of hydrogen-bond acceptors (Lipinski definition) is 2. The van der Waals surface area contributed by atoms with Crippen molar-refractivity contribution in [2.75, 3.05) is 0 Å². The predicted molar refractivity (Wildman–Crippen MR) is 52.3 cm³/mol. The molecule has 1 heterocycles. The SMILES string of the molecule is FC(F)c1nc2cc(Br)ccc2s1. The fourth-order valence-corrected chi connectivity index (χ4v) is 2.16. The number of rotatable bonds is 1. The molecule has 0 spiro atoms. The molecule has 0 aliphatic carbocycles. The lowest BCUT2D eigenvalue weighted by Crippen LogP contribution is -1.79. The predicted octanol–water partition coefficient (Wildman–Crippen LogP) is 4.00. The monoisotopic (exact) mass is 263 g/mol. The van der Waals surface area contributed by atoms with E-state index < -0.39 is 6.43 Å². The lowest BCUT2D eigenvalue weighted by molar-refractivity contribution is 0.151. The van der Waals surface area contributed by atoms with Crippen molar-refractivity contribution in [2.24, 2.45) is 0 Å². The van der Waals surface area contributed by atoms with Gasteiger partial charge in [-0.1, -0.05) is 15.9 Å². The zero-order valence-corrected chi connectivity index (χ0v) is 8.70. The normalized spacial score (nSPS) is 11.4. The van der Waals surface area contributed by atoms with E-state index in [-0.39, 0.29) is 5.01 Å². The Balaban J connectivity index is 2.62. The van der Waals surface area contributed by atoms with Gasteiger partial charge in [0.1, 0.15) is 0 Å². The third-order valence-electron chi connectivity index (χ3n) is 1.55. The van der Waals surface area contributed by atoms with Gasteiger partial charge in [-0.25, -0.2) is 13.8 Å². The molecular weight excluding hydrogens is 260 g/mol. The first-order chi connectivity index (χ1) is 6.16. The van der Waals surface area contributed by atoms with Crippen LogP contribution in [0.1, 0.15) is 11.4 Å². The minimum absolute atomic E-state index is 0.117. The first-order valence-electron chi connectivity index (χ1n) is 3.51. The van der Waals surface area contributed by atoms with Crippen LogP contribution in [-0.2, 0) is 0 Å². The van der Waals surface area contributed by atoms with Gasteiger partial charge in [0, 0.05) is 4.47 Å². The van der Waals surface area contributed by atoms with Crippen LogP contribution in [0.15, 0.2) is 22.7 Å². The summed E-state index contributed by atoms with van der Waals surface area (Å²) in [4.78, 5) is 3.81. The molecule has 0 amide bonds. The maximum absolute atomic E-state index is 12.2. The first kappa shape index (κ1) is 9.02. The van der Waals surface area contributed by atoms with Gasteiger partial charge in [0.15, 0.2) is 5.01 Å². The van der Waals surface area contributed by atoms with Gasteiger partial charge in [-0.3, -0.25) is 0 Å². The molecule has 0 atom stereocenters. The number of nitrogens with zero attached hydrogens (tertiary/aromatic N) is 1. The molecule has 68 valence electrons. The van der Waals surface area contributed by atoms with Crippen LogP contribution < -0.4 is 0 Å². The van der Waals surface area contributed by atoms with Crippen LogP contribution in [0.5, 0.6) is 0 Å². The molecule has 0 saturated carbocycles. The molecule has 2 rings (SSSR count). The van der Waals surface area contributed by atoms with Gasteiger partial charge in [-0.15, -0.1) is 11.3 Å². The van der Waals surface area contributed by atoms with Crippen molar-refractivity contribution in [3.05, 3.63) is 27.7 Å². The highest BCUT2D eigenvalue weighted by atomic mass is 79.9. The highest BCUT2D eigenvalue weighted by molar-refractivity contribution is 9.10. The van der Waals surface area contributed by atoms with E-state index in [1.165, 1.54) is 0 Å². The molecule has 1 aromatic carbocycles. The van der Waals surface area contributed by atoms with Crippen LogP contribution in [-0.4, -0.2) is 4.98 Å². The second-order valence-electron chi connectivity index (χ2n) is 2.46. The summed E-state index contributed by atoms with van der Waals surface area (Å²) in [5, 5.41) is -0.117. The highest BCUT2D eigenvalue weighted by Crippen LogP contribution is 2.30. The van der Waals surface area contributed by atoms with Crippen LogP contribution in [0.3, 0.4) is 0 Å². The second-order valence-corrected chi connectivity index (χ2v) is 4.44. The van der Waals surface area contributed by atoms with E-state index in [9.17, 15) is 8.78 Å². The van der Waals surface area contributed by atoms with Gasteiger partial charge in [0.05, 0.1) is 10.2 Å². The van der Waals surface area contributed by atoms with Crippen LogP contribution in [0.4, 0.5) is 8.78 Å². The molecule has 0 aliphatic rings. The van der Waals surface area contributed by atoms with Gasteiger partial charge in [-0.05, 0) is 18.2 Å². The molecule has 1 aromatic heterocycles. The highest BCUT2D eigenvalue weighted by Gasteiger charge is 2.12. The Morgan fingerprint density at radius 3 is 2.85 bits per heavy atom. The topological polar surface area (TPSA) is 12.9 Å². The summed E-state index contributed by atoms with van der Waals surface area (Å²) in [6.07, 6.45) is -2.48. The van der Waals surface area contributed by atoms with Crippen LogP contribution in [0.2, 0.25) is 0 Å². The molecule has 0 aliphatic heterocycles. The lowest BCUT2D eigenvalue weighted by atomic mass is 10.3. The summed E-state index contributed by atoms with van der Waals surface area (Å²) in [5.74, 6) is 0. The van der Waals surface area contributed by atoms with E-state index in [0.29, 0.717) is 5.52 Å². The van der Waals surface area contributed by atoms with E-state index in [2.05, 4.69) is 20.9 Å². The Labute approximate surface area is 85.5 Å². The number of aromatic nitrogens is 1. The van der Waals surface area contributed by atoms with Crippen molar-refractivity contribution in [1.82, 2.24) is 4.98 Å². The Kier molecular flexibility index (Phi) is 2.29. The van der Waals surface area contributed by atoms with E-state index >= 15 is 0 Å². The van der Waals surface area contributed by atoms with Crippen LogP contribution >= 0.6 is 27.3 Å². The Morgan fingerprint density at radius 2 is 2.15 bits per heavy atom. The van der Waals surface area contributed by atoms with Crippen LogP contribution in [0, 0.1) is 0 Å². The van der Waals surface area contributed by atoms with Gasteiger partial charge < -0.3 is 0 Å². The maximum Gasteiger partial charge on any atom is 0.289 e. The summed E-state index contributed by atoms with van der Waals surface area (Å²) >= 11 is 4.29. The molecule has 5 heteroatoms. The molecule has 0 fully saturated rings. The number of alkyl halides is 2. The summed E-state index contributed by atoms with van der Waals surface area (Å²) in [6, 6.07) is 5.33. The standard InChI is InChI=1S/C8H4BrF2NS/c9-4-1-2-6-5(3-4)12-8(13-6)7(10)11/h1-3,7H. The quantitative estimate of drug-likeness (QED) is 0.758. The molecule has 0 radical (unpaired) electrons. The maximum atomic E-state index is 12.2. The Hall–Kier alpha value is -0.550. The van der Waals surface area contributed by atoms with Gasteiger partial charge in [-0.2, -0.15) is 0 Å². The van der Waals surface area contributed by atoms with E-state index in [1.54, 1.807) is 12.1 Å². The van der Waals surface area contributed by atoms with Crippen molar-refractivity contribution in [3.63, 3.8) is 0 Å². The minimum atomic E-state index is -2.48. The summed E-state index contributed by atoms with van der Waals surface area (Å²) in [5.41, 5.74) is 0.620. The van der Waals surface area contributed by atoms with Crippen molar-refractivity contribution in [1.29, 1.82) is 0 Å². The van der Waals surface area contributed by atoms with Gasteiger partial charge >= 0.3 is 0 Å². The fourth-order valence-electron chi connectivity index (χ4n) is 1.01. The fraction of sp³-hybridized carbons (Fsp3) is 0.125. The van der Waals surface area contributed by atoms with E-state index in [4.69, 9.17) is 0 Å². The summed E-state index contributed by atoms with van der Waals surface area (Å²) in [7, 11) is 0. The number of fused-ring (bicyclic) bond motifs is 1. The zero-order valence-electron chi connectivity index (χ0n) is 6.30. The molecule has 0 bridgehead atoms. The number of thiazole rings is 1. The van der Waals surface area contributed by atoms with E-state index in [1.807, 2.05) is 6.07 Å². The number of halogens is 3. The first-order valence-corrected chi connectivity index (χ1v) is 5.12. The molecular formula is C8H4BrF2NS. The lowest BCUT2D eigenvalue weighted by Gasteiger charge is -1.87.